The summed E-state index contributed by atoms with van der Waals surface area (Å²) < 4.78 is 0. The topological polar surface area (TPSA) is 90.3 Å². The molecule has 0 radical (unpaired) electrons. The zero-order valence-corrected chi connectivity index (χ0v) is 9.47. The zero-order chi connectivity index (χ0) is 12.6. The smallest absolute Gasteiger partial charge is 0.244 e. The number of nitriles is 1. The van der Waals surface area contributed by atoms with Crippen LogP contribution in [0.4, 0.5) is 5.69 Å². The number of aromatic hydroxyl groups is 1. The van der Waals surface area contributed by atoms with Gasteiger partial charge in [0.15, 0.2) is 0 Å². The van der Waals surface area contributed by atoms with Gasteiger partial charge in [-0.25, -0.2) is 0 Å². The van der Waals surface area contributed by atoms with Crippen LogP contribution in [0, 0.1) is 18.3 Å². The molecule has 88 valence electrons. The summed E-state index contributed by atoms with van der Waals surface area (Å²) in [4.78, 5) is 13.3. The van der Waals surface area contributed by atoms with Gasteiger partial charge in [0.25, 0.3) is 0 Å². The minimum atomic E-state index is -0.514. The third-order valence-corrected chi connectivity index (χ3v) is 3.05. The van der Waals surface area contributed by atoms with Crippen molar-refractivity contribution in [2.24, 2.45) is 5.73 Å². The van der Waals surface area contributed by atoms with Crippen molar-refractivity contribution in [1.29, 1.82) is 5.26 Å². The molecule has 0 aliphatic carbocycles. The number of phenolic OH excluding ortho intramolecular Hbond substituents is 1. The van der Waals surface area contributed by atoms with E-state index in [-0.39, 0.29) is 11.7 Å². The number of hydrogen-bond acceptors (Lipinski definition) is 4. The summed E-state index contributed by atoms with van der Waals surface area (Å²) in [5.41, 5.74) is 7.10. The minimum absolute atomic E-state index is 0.00366. The number of amides is 1. The van der Waals surface area contributed by atoms with Gasteiger partial charge in [-0.05, 0) is 31.0 Å². The molecule has 1 heterocycles. The Bertz CT molecular complexity index is 519. The van der Waals surface area contributed by atoms with E-state index in [1.807, 2.05) is 6.07 Å². The summed E-state index contributed by atoms with van der Waals surface area (Å²) in [5, 5.41) is 18.8. The van der Waals surface area contributed by atoms with Crippen LogP contribution in [0.25, 0.3) is 0 Å². The molecule has 1 aliphatic heterocycles. The number of hydrogen-bond donors (Lipinski definition) is 2. The van der Waals surface area contributed by atoms with Gasteiger partial charge in [-0.2, -0.15) is 5.26 Å². The first kappa shape index (κ1) is 11.4. The Labute approximate surface area is 99.1 Å². The average Bonchev–Trinajstić information content (AvgIpc) is 2.62. The molecule has 1 atom stereocenters. The lowest BCUT2D eigenvalue weighted by atomic mass is 10.1. The monoisotopic (exact) mass is 231 g/mol. The summed E-state index contributed by atoms with van der Waals surface area (Å²) in [6.45, 7) is 2.19. The Kier molecular flexibility index (Phi) is 2.74. The van der Waals surface area contributed by atoms with Crippen LogP contribution < -0.4 is 10.6 Å². The molecule has 0 aromatic heterocycles. The van der Waals surface area contributed by atoms with Gasteiger partial charge in [0.1, 0.15) is 5.75 Å². The van der Waals surface area contributed by atoms with E-state index in [1.54, 1.807) is 6.92 Å². The number of nitrogens with zero attached hydrogens (tertiary/aromatic N) is 2. The number of phenols is 1. The lowest BCUT2D eigenvalue weighted by Gasteiger charge is -2.20. The Morgan fingerprint density at radius 1 is 1.59 bits per heavy atom. The van der Waals surface area contributed by atoms with Crippen molar-refractivity contribution in [1.82, 2.24) is 0 Å². The highest BCUT2D eigenvalue weighted by atomic mass is 16.3. The number of rotatable bonds is 1. The van der Waals surface area contributed by atoms with Gasteiger partial charge in [0.05, 0.1) is 23.4 Å². The van der Waals surface area contributed by atoms with Crippen LogP contribution >= 0.6 is 0 Å². The molecule has 1 aromatic rings. The molecule has 0 unspecified atom stereocenters. The second kappa shape index (κ2) is 4.07. The van der Waals surface area contributed by atoms with Gasteiger partial charge < -0.3 is 15.7 Å². The number of carbonyl (C=O) groups excluding carboxylic acids is 1. The van der Waals surface area contributed by atoms with Gasteiger partial charge in [-0.15, -0.1) is 0 Å². The maximum Gasteiger partial charge on any atom is 0.244 e. The molecule has 0 saturated carbocycles. The van der Waals surface area contributed by atoms with Crippen LogP contribution in [0.5, 0.6) is 5.75 Å². The number of anilines is 1. The summed E-state index contributed by atoms with van der Waals surface area (Å²) in [6, 6.07) is 4.48. The minimum Gasteiger partial charge on any atom is -0.506 e. The lowest BCUT2D eigenvalue weighted by Crippen LogP contribution is -2.34. The largest absolute Gasteiger partial charge is 0.506 e. The van der Waals surface area contributed by atoms with E-state index in [0.29, 0.717) is 29.8 Å². The number of nitrogens with two attached hydrogens (primary N) is 1. The van der Waals surface area contributed by atoms with Crippen LogP contribution in [0.15, 0.2) is 12.1 Å². The Hall–Kier alpha value is -2.06. The molecule has 0 spiro atoms. The second-order valence-electron chi connectivity index (χ2n) is 4.10. The standard InChI is InChI=1S/C12H13N3O2/c1-7-8(6-13)2-3-10(16)11(7)15-5-4-9(14)12(15)17/h2-3,9,16H,4-5,14H2,1H3/t9-/m0/s1. The Morgan fingerprint density at radius 2 is 2.29 bits per heavy atom. The molecule has 5 nitrogen and oxygen atoms in total. The summed E-state index contributed by atoms with van der Waals surface area (Å²) >= 11 is 0. The summed E-state index contributed by atoms with van der Waals surface area (Å²) in [7, 11) is 0. The molecule has 1 amide bonds. The summed E-state index contributed by atoms with van der Waals surface area (Å²) in [6.07, 6.45) is 0.564. The van der Waals surface area contributed by atoms with Crippen LogP contribution in [0.3, 0.4) is 0 Å². The van der Waals surface area contributed by atoms with Gasteiger partial charge in [-0.3, -0.25) is 4.79 Å². The van der Waals surface area contributed by atoms with Crippen LogP contribution in [-0.2, 0) is 4.79 Å². The fourth-order valence-corrected chi connectivity index (χ4v) is 2.07. The van der Waals surface area contributed by atoms with E-state index in [4.69, 9.17) is 11.0 Å². The molecule has 1 saturated heterocycles. The Balaban J connectivity index is 2.53. The molecular weight excluding hydrogens is 218 g/mol. The van der Waals surface area contributed by atoms with Gasteiger partial charge in [0, 0.05) is 6.54 Å². The molecular formula is C12H13N3O2. The molecule has 5 heteroatoms. The quantitative estimate of drug-likeness (QED) is 0.742. The predicted octanol–water partition coefficient (Wildman–Crippen LogP) is 0.636. The van der Waals surface area contributed by atoms with Crippen molar-refractivity contribution in [3.8, 4) is 11.8 Å². The van der Waals surface area contributed by atoms with Crippen LogP contribution in [-0.4, -0.2) is 23.6 Å². The van der Waals surface area contributed by atoms with Crippen molar-refractivity contribution in [2.45, 2.75) is 19.4 Å². The lowest BCUT2D eigenvalue weighted by molar-refractivity contribution is -0.118. The van der Waals surface area contributed by atoms with E-state index in [0.717, 1.165) is 0 Å². The maximum atomic E-state index is 11.8. The average molecular weight is 231 g/mol. The van der Waals surface area contributed by atoms with E-state index >= 15 is 0 Å². The first-order chi connectivity index (χ1) is 8.06. The van der Waals surface area contributed by atoms with Gasteiger partial charge in [-0.1, -0.05) is 0 Å². The van der Waals surface area contributed by atoms with Crippen LogP contribution in [0.2, 0.25) is 0 Å². The molecule has 2 rings (SSSR count). The molecule has 1 fully saturated rings. The van der Waals surface area contributed by atoms with E-state index in [9.17, 15) is 9.90 Å². The van der Waals surface area contributed by atoms with E-state index in [1.165, 1.54) is 17.0 Å². The fourth-order valence-electron chi connectivity index (χ4n) is 2.07. The predicted molar refractivity (Wildman–Crippen MR) is 62.5 cm³/mol. The second-order valence-corrected chi connectivity index (χ2v) is 4.10. The molecule has 17 heavy (non-hydrogen) atoms. The molecule has 1 aromatic carbocycles. The maximum absolute atomic E-state index is 11.8. The normalized spacial score (nSPS) is 19.5. The van der Waals surface area contributed by atoms with Crippen molar-refractivity contribution in [3.05, 3.63) is 23.3 Å². The van der Waals surface area contributed by atoms with Gasteiger partial charge >= 0.3 is 0 Å². The molecule has 3 N–H and O–H groups in total. The molecule has 0 bridgehead atoms. The third-order valence-electron chi connectivity index (χ3n) is 3.05. The van der Waals surface area contributed by atoms with Crippen molar-refractivity contribution in [3.63, 3.8) is 0 Å². The zero-order valence-electron chi connectivity index (χ0n) is 9.47. The van der Waals surface area contributed by atoms with Crippen molar-refractivity contribution >= 4 is 11.6 Å². The van der Waals surface area contributed by atoms with E-state index < -0.39 is 6.04 Å². The summed E-state index contributed by atoms with van der Waals surface area (Å²) in [5.74, 6) is -0.206. The highest BCUT2D eigenvalue weighted by Crippen LogP contribution is 2.35. The van der Waals surface area contributed by atoms with E-state index in [2.05, 4.69) is 0 Å². The molecule has 1 aliphatic rings. The fraction of sp³-hybridized carbons (Fsp3) is 0.333. The first-order valence-electron chi connectivity index (χ1n) is 5.36. The third kappa shape index (κ3) is 1.73. The van der Waals surface area contributed by atoms with Gasteiger partial charge in [0.2, 0.25) is 5.91 Å². The highest BCUT2D eigenvalue weighted by molar-refractivity contribution is 6.01. The van der Waals surface area contributed by atoms with Crippen molar-refractivity contribution < 1.29 is 9.90 Å². The SMILES string of the molecule is Cc1c(C#N)ccc(O)c1N1CC[C@H](N)C1=O. The Morgan fingerprint density at radius 3 is 2.82 bits per heavy atom. The first-order valence-corrected chi connectivity index (χ1v) is 5.36. The van der Waals surface area contributed by atoms with Crippen molar-refractivity contribution in [2.75, 3.05) is 11.4 Å². The highest BCUT2D eigenvalue weighted by Gasteiger charge is 2.32. The number of carbonyl (C=O) groups is 1. The van der Waals surface area contributed by atoms with Crippen LogP contribution in [0.1, 0.15) is 17.5 Å². The number of benzene rings is 1.